The molecule has 8 heteroatoms. The highest BCUT2D eigenvalue weighted by Crippen LogP contribution is 2.29. The molecule has 2 amide bonds. The van der Waals surface area contributed by atoms with Crippen LogP contribution in [0.5, 0.6) is 0 Å². The third-order valence-corrected chi connectivity index (χ3v) is 4.41. The van der Waals surface area contributed by atoms with Crippen molar-refractivity contribution >= 4 is 11.8 Å². The molecule has 1 N–H and O–H groups in total. The van der Waals surface area contributed by atoms with Crippen molar-refractivity contribution in [1.82, 2.24) is 9.80 Å². The fourth-order valence-corrected chi connectivity index (χ4v) is 3.36. The number of hydrogen-bond acceptors (Lipinski definition) is 3. The Hall–Kier alpha value is -1.31. The minimum Gasteiger partial charge on any atom is -0.396 e. The summed E-state index contributed by atoms with van der Waals surface area (Å²) in [4.78, 5) is 26.3. The highest BCUT2D eigenvalue weighted by molar-refractivity contribution is 5.90. The fraction of sp³-hybridized carbons (Fsp3) is 0.857. The first-order valence-corrected chi connectivity index (χ1v) is 7.65. The molecule has 0 aliphatic carbocycles. The standard InChI is InChI=1S/C14H21F3N2O3/c15-14(16,17)13(22)19-8-3-5-11(19)12(21)18-7-2-1-4-10(18)6-9-20/h10-11,20H,1-9H2. The van der Waals surface area contributed by atoms with Crippen molar-refractivity contribution in [3.63, 3.8) is 0 Å². The maximum atomic E-state index is 12.6. The van der Waals surface area contributed by atoms with E-state index in [0.717, 1.165) is 19.3 Å². The zero-order chi connectivity index (χ0) is 16.3. The number of alkyl halides is 3. The maximum absolute atomic E-state index is 12.6. The van der Waals surface area contributed by atoms with Gasteiger partial charge in [-0.25, -0.2) is 0 Å². The first-order chi connectivity index (χ1) is 10.4. The maximum Gasteiger partial charge on any atom is 0.471 e. The van der Waals surface area contributed by atoms with Gasteiger partial charge in [-0.15, -0.1) is 0 Å². The van der Waals surface area contributed by atoms with Crippen LogP contribution in [0.3, 0.4) is 0 Å². The van der Waals surface area contributed by atoms with Gasteiger partial charge in [-0.2, -0.15) is 13.2 Å². The van der Waals surface area contributed by atoms with Crippen LogP contribution in [0.4, 0.5) is 13.2 Å². The average Bonchev–Trinajstić information content (AvgIpc) is 2.95. The lowest BCUT2D eigenvalue weighted by atomic mass is 9.98. The van der Waals surface area contributed by atoms with Gasteiger partial charge in [-0.3, -0.25) is 9.59 Å². The average molecular weight is 322 g/mol. The number of halogens is 3. The lowest BCUT2D eigenvalue weighted by Gasteiger charge is -2.38. The molecule has 2 heterocycles. The van der Waals surface area contributed by atoms with E-state index in [1.165, 1.54) is 0 Å². The summed E-state index contributed by atoms with van der Waals surface area (Å²) < 4.78 is 37.9. The lowest BCUT2D eigenvalue weighted by molar-refractivity contribution is -0.187. The molecule has 2 rings (SSSR count). The summed E-state index contributed by atoms with van der Waals surface area (Å²) in [6.07, 6.45) is -1.38. The zero-order valence-electron chi connectivity index (χ0n) is 12.3. The normalized spacial score (nSPS) is 26.4. The summed E-state index contributed by atoms with van der Waals surface area (Å²) >= 11 is 0. The number of amides is 2. The highest BCUT2D eigenvalue weighted by Gasteiger charge is 2.48. The summed E-state index contributed by atoms with van der Waals surface area (Å²) in [7, 11) is 0. The zero-order valence-corrected chi connectivity index (χ0v) is 12.3. The van der Waals surface area contributed by atoms with Crippen LogP contribution in [0.1, 0.15) is 38.5 Å². The molecule has 2 aliphatic heterocycles. The monoisotopic (exact) mass is 322 g/mol. The second-order valence-electron chi connectivity index (χ2n) is 5.85. The summed E-state index contributed by atoms with van der Waals surface area (Å²) in [6, 6.07) is -1.16. The Kier molecular flexibility index (Phi) is 5.31. The summed E-state index contributed by atoms with van der Waals surface area (Å²) in [5.41, 5.74) is 0. The van der Waals surface area contributed by atoms with E-state index in [1.54, 1.807) is 4.90 Å². The van der Waals surface area contributed by atoms with Crippen LogP contribution in [0.25, 0.3) is 0 Å². The quantitative estimate of drug-likeness (QED) is 0.852. The molecule has 2 unspecified atom stereocenters. The van der Waals surface area contributed by atoms with Gasteiger partial charge in [0.05, 0.1) is 0 Å². The Morgan fingerprint density at radius 1 is 1.05 bits per heavy atom. The number of nitrogens with zero attached hydrogens (tertiary/aromatic N) is 2. The summed E-state index contributed by atoms with van der Waals surface area (Å²) in [5.74, 6) is -2.34. The van der Waals surface area contributed by atoms with Crippen molar-refractivity contribution in [3.05, 3.63) is 0 Å². The molecule has 2 fully saturated rings. The number of carbonyl (C=O) groups excluding carboxylic acids is 2. The largest absolute Gasteiger partial charge is 0.471 e. The van der Waals surface area contributed by atoms with Crippen molar-refractivity contribution in [2.24, 2.45) is 0 Å². The summed E-state index contributed by atoms with van der Waals surface area (Å²) in [5, 5.41) is 9.08. The molecule has 126 valence electrons. The SMILES string of the molecule is O=C(C1CCCN1C(=O)C(F)(F)F)N1CCCCC1CCO. The third-order valence-electron chi connectivity index (χ3n) is 4.41. The van der Waals surface area contributed by atoms with Gasteiger partial charge in [-0.1, -0.05) is 0 Å². The number of likely N-dealkylation sites (tertiary alicyclic amines) is 2. The van der Waals surface area contributed by atoms with Crippen LogP contribution in [-0.2, 0) is 9.59 Å². The molecule has 2 aliphatic rings. The van der Waals surface area contributed by atoms with Crippen LogP contribution in [0, 0.1) is 0 Å². The van der Waals surface area contributed by atoms with Gasteiger partial charge >= 0.3 is 12.1 Å². The number of piperidine rings is 1. The Morgan fingerprint density at radius 2 is 1.73 bits per heavy atom. The molecule has 0 spiro atoms. The van der Waals surface area contributed by atoms with E-state index >= 15 is 0 Å². The first kappa shape index (κ1) is 17.1. The molecule has 22 heavy (non-hydrogen) atoms. The van der Waals surface area contributed by atoms with Crippen LogP contribution in [0.15, 0.2) is 0 Å². The topological polar surface area (TPSA) is 60.9 Å². The number of hydrogen-bond donors (Lipinski definition) is 1. The predicted octanol–water partition coefficient (Wildman–Crippen LogP) is 1.30. The van der Waals surface area contributed by atoms with Gasteiger partial charge in [0, 0.05) is 25.7 Å². The van der Waals surface area contributed by atoms with E-state index in [9.17, 15) is 22.8 Å². The minimum absolute atomic E-state index is 0.0345. The van der Waals surface area contributed by atoms with Crippen molar-refractivity contribution in [2.75, 3.05) is 19.7 Å². The van der Waals surface area contributed by atoms with Crippen LogP contribution in [-0.4, -0.2) is 64.7 Å². The van der Waals surface area contributed by atoms with Gasteiger partial charge in [0.2, 0.25) is 5.91 Å². The van der Waals surface area contributed by atoms with E-state index < -0.39 is 24.0 Å². The molecule has 0 bridgehead atoms. The Labute approximate surface area is 127 Å². The minimum atomic E-state index is -4.95. The molecular weight excluding hydrogens is 301 g/mol. The second-order valence-corrected chi connectivity index (χ2v) is 5.85. The van der Waals surface area contributed by atoms with Gasteiger partial charge in [-0.05, 0) is 38.5 Å². The van der Waals surface area contributed by atoms with Crippen molar-refractivity contribution in [2.45, 2.75) is 56.8 Å². The van der Waals surface area contributed by atoms with E-state index in [1.807, 2.05) is 0 Å². The van der Waals surface area contributed by atoms with E-state index in [2.05, 4.69) is 0 Å². The second kappa shape index (κ2) is 6.85. The Morgan fingerprint density at radius 3 is 2.36 bits per heavy atom. The molecule has 5 nitrogen and oxygen atoms in total. The molecule has 0 saturated carbocycles. The highest BCUT2D eigenvalue weighted by atomic mass is 19.4. The van der Waals surface area contributed by atoms with E-state index in [-0.39, 0.29) is 25.6 Å². The molecule has 0 aromatic heterocycles. The van der Waals surface area contributed by atoms with Crippen LogP contribution >= 0.6 is 0 Å². The predicted molar refractivity (Wildman–Crippen MR) is 71.8 cm³/mol. The Balaban J connectivity index is 2.11. The molecule has 2 atom stereocenters. The van der Waals surface area contributed by atoms with Crippen LogP contribution in [0.2, 0.25) is 0 Å². The summed E-state index contributed by atoms with van der Waals surface area (Å²) in [6.45, 7) is 0.381. The molecule has 0 aromatic carbocycles. The van der Waals surface area contributed by atoms with Crippen molar-refractivity contribution < 1.29 is 27.9 Å². The number of aliphatic hydroxyl groups excluding tert-OH is 1. The number of aliphatic hydroxyl groups is 1. The van der Waals surface area contributed by atoms with Gasteiger partial charge in [0.15, 0.2) is 0 Å². The number of rotatable bonds is 3. The number of carbonyl (C=O) groups is 2. The molecule has 2 saturated heterocycles. The first-order valence-electron chi connectivity index (χ1n) is 7.65. The molecule has 0 aromatic rings. The lowest BCUT2D eigenvalue weighted by Crippen LogP contribution is -2.54. The van der Waals surface area contributed by atoms with E-state index in [4.69, 9.17) is 5.11 Å². The third kappa shape index (κ3) is 3.53. The van der Waals surface area contributed by atoms with Gasteiger partial charge in [0.1, 0.15) is 6.04 Å². The van der Waals surface area contributed by atoms with E-state index in [0.29, 0.717) is 24.3 Å². The van der Waals surface area contributed by atoms with Crippen molar-refractivity contribution in [3.8, 4) is 0 Å². The molecule has 0 radical (unpaired) electrons. The van der Waals surface area contributed by atoms with Gasteiger partial charge < -0.3 is 14.9 Å². The van der Waals surface area contributed by atoms with Gasteiger partial charge in [0.25, 0.3) is 0 Å². The Bertz CT molecular complexity index is 426. The smallest absolute Gasteiger partial charge is 0.396 e. The fourth-order valence-electron chi connectivity index (χ4n) is 3.36. The molecular formula is C14H21F3N2O3. The van der Waals surface area contributed by atoms with Crippen molar-refractivity contribution in [1.29, 1.82) is 0 Å². The van der Waals surface area contributed by atoms with Crippen LogP contribution < -0.4 is 0 Å².